The Morgan fingerprint density at radius 2 is 2.08 bits per heavy atom. The zero-order valence-electron chi connectivity index (χ0n) is 6.74. The Kier molecular flexibility index (Phi) is 1.37. The van der Waals surface area contributed by atoms with Gasteiger partial charge in [0.2, 0.25) is 0 Å². The minimum Gasteiger partial charge on any atom is -0.479 e. The molecule has 6 nitrogen and oxygen atoms in total. The Hall–Kier alpha value is -1.59. The van der Waals surface area contributed by atoms with Crippen molar-refractivity contribution in [1.82, 2.24) is 10.2 Å². The maximum atomic E-state index is 11.2. The lowest BCUT2D eigenvalue weighted by Gasteiger charge is -2.19. The number of hydrogen-bond donors (Lipinski definition) is 2. The summed E-state index contributed by atoms with van der Waals surface area (Å²) in [6, 6.07) is -0.593. The fourth-order valence-electron chi connectivity index (χ4n) is 1.51. The van der Waals surface area contributed by atoms with Gasteiger partial charge in [-0.25, -0.2) is 14.5 Å². The van der Waals surface area contributed by atoms with Crippen LogP contribution in [0.15, 0.2) is 0 Å². The topological polar surface area (TPSA) is 86.7 Å². The SMILES string of the molecule is O=C1CNC(=O)N1C1(C(=O)O)CC1. The van der Waals surface area contributed by atoms with Crippen LogP contribution >= 0.6 is 0 Å². The number of imide groups is 1. The van der Waals surface area contributed by atoms with Gasteiger partial charge in [0.05, 0.1) is 6.54 Å². The highest BCUT2D eigenvalue weighted by atomic mass is 16.4. The molecule has 1 heterocycles. The van der Waals surface area contributed by atoms with Crippen molar-refractivity contribution in [1.29, 1.82) is 0 Å². The fraction of sp³-hybridized carbons (Fsp3) is 0.571. The first-order valence-corrected chi connectivity index (χ1v) is 3.92. The summed E-state index contributed by atoms with van der Waals surface area (Å²) in [6.07, 6.45) is 0.725. The van der Waals surface area contributed by atoms with Gasteiger partial charge in [0.15, 0.2) is 0 Å². The van der Waals surface area contributed by atoms with E-state index in [9.17, 15) is 14.4 Å². The highest BCUT2D eigenvalue weighted by molar-refractivity contribution is 6.07. The maximum Gasteiger partial charge on any atom is 0.330 e. The van der Waals surface area contributed by atoms with Crippen LogP contribution in [0.25, 0.3) is 0 Å². The second kappa shape index (κ2) is 2.21. The van der Waals surface area contributed by atoms with E-state index in [-0.39, 0.29) is 6.54 Å². The molecule has 70 valence electrons. The Balaban J connectivity index is 2.29. The molecule has 0 spiro atoms. The lowest BCUT2D eigenvalue weighted by atomic mass is 10.2. The van der Waals surface area contributed by atoms with Crippen LogP contribution in [-0.4, -0.2) is 40.0 Å². The average molecular weight is 184 g/mol. The fourth-order valence-corrected chi connectivity index (χ4v) is 1.51. The van der Waals surface area contributed by atoms with Gasteiger partial charge in [-0.05, 0) is 12.8 Å². The first-order valence-electron chi connectivity index (χ1n) is 3.92. The van der Waals surface area contributed by atoms with E-state index >= 15 is 0 Å². The summed E-state index contributed by atoms with van der Waals surface area (Å²) in [4.78, 5) is 33.9. The first-order chi connectivity index (χ1) is 6.08. The predicted octanol–water partition coefficient (Wildman–Crippen LogP) is -0.845. The Morgan fingerprint density at radius 3 is 2.38 bits per heavy atom. The highest BCUT2D eigenvalue weighted by Gasteiger charge is 2.60. The third-order valence-corrected chi connectivity index (χ3v) is 2.39. The quantitative estimate of drug-likeness (QED) is 0.547. The van der Waals surface area contributed by atoms with Crippen molar-refractivity contribution < 1.29 is 19.5 Å². The van der Waals surface area contributed by atoms with E-state index in [1.54, 1.807) is 0 Å². The number of nitrogens with zero attached hydrogens (tertiary/aromatic N) is 1. The van der Waals surface area contributed by atoms with Crippen molar-refractivity contribution >= 4 is 17.9 Å². The molecule has 2 rings (SSSR count). The molecule has 0 aromatic rings. The molecule has 0 bridgehead atoms. The number of carboxylic acids is 1. The van der Waals surface area contributed by atoms with E-state index < -0.39 is 23.4 Å². The molecule has 6 heteroatoms. The normalized spacial score (nSPS) is 24.5. The van der Waals surface area contributed by atoms with Crippen molar-refractivity contribution in [3.05, 3.63) is 0 Å². The molecule has 0 radical (unpaired) electrons. The number of nitrogens with one attached hydrogen (secondary N) is 1. The number of rotatable bonds is 2. The van der Waals surface area contributed by atoms with Crippen molar-refractivity contribution in [2.75, 3.05) is 6.54 Å². The smallest absolute Gasteiger partial charge is 0.330 e. The standard InChI is InChI=1S/C7H8N2O4/c10-4-3-8-6(13)9(4)7(1-2-7)5(11)12/h1-3H2,(H,8,13)(H,11,12). The molecular formula is C7H8N2O4. The number of urea groups is 1. The molecule has 13 heavy (non-hydrogen) atoms. The Morgan fingerprint density at radius 1 is 1.46 bits per heavy atom. The summed E-state index contributed by atoms with van der Waals surface area (Å²) in [7, 11) is 0. The summed E-state index contributed by atoms with van der Waals surface area (Å²) in [5, 5.41) is 11.1. The Labute approximate surface area is 73.5 Å². The van der Waals surface area contributed by atoms with Gasteiger partial charge >= 0.3 is 12.0 Å². The molecule has 3 amide bonds. The van der Waals surface area contributed by atoms with Crippen molar-refractivity contribution in [3.63, 3.8) is 0 Å². The largest absolute Gasteiger partial charge is 0.479 e. The van der Waals surface area contributed by atoms with E-state index in [1.807, 2.05) is 0 Å². The molecule has 0 aromatic heterocycles. The van der Waals surface area contributed by atoms with E-state index in [1.165, 1.54) is 0 Å². The molecular weight excluding hydrogens is 176 g/mol. The zero-order chi connectivity index (χ0) is 9.64. The summed E-state index contributed by atoms with van der Waals surface area (Å²) >= 11 is 0. The summed E-state index contributed by atoms with van der Waals surface area (Å²) < 4.78 is 0. The van der Waals surface area contributed by atoms with E-state index in [2.05, 4.69) is 5.32 Å². The van der Waals surface area contributed by atoms with Gasteiger partial charge < -0.3 is 10.4 Å². The molecule has 1 saturated heterocycles. The van der Waals surface area contributed by atoms with Crippen LogP contribution in [-0.2, 0) is 9.59 Å². The lowest BCUT2D eigenvalue weighted by molar-refractivity contribution is -0.148. The minimum absolute atomic E-state index is 0.0894. The summed E-state index contributed by atoms with van der Waals surface area (Å²) in [5.41, 5.74) is -1.24. The molecule has 1 aliphatic heterocycles. The molecule has 0 atom stereocenters. The van der Waals surface area contributed by atoms with Crippen LogP contribution in [0.5, 0.6) is 0 Å². The molecule has 0 aromatic carbocycles. The molecule has 0 unspecified atom stereocenters. The number of carbonyl (C=O) groups excluding carboxylic acids is 2. The van der Waals surface area contributed by atoms with Crippen LogP contribution < -0.4 is 5.32 Å². The van der Waals surface area contributed by atoms with Crippen molar-refractivity contribution in [3.8, 4) is 0 Å². The maximum absolute atomic E-state index is 11.2. The van der Waals surface area contributed by atoms with Crippen LogP contribution in [0.1, 0.15) is 12.8 Å². The number of aliphatic carboxylic acids is 1. The number of carbonyl (C=O) groups is 3. The third kappa shape index (κ3) is 0.912. The number of amides is 3. The lowest BCUT2D eigenvalue weighted by Crippen LogP contribution is -2.47. The van der Waals surface area contributed by atoms with Crippen LogP contribution in [0.3, 0.4) is 0 Å². The van der Waals surface area contributed by atoms with Gasteiger partial charge in [-0.15, -0.1) is 0 Å². The van der Waals surface area contributed by atoms with E-state index in [0.29, 0.717) is 12.8 Å². The zero-order valence-corrected chi connectivity index (χ0v) is 6.74. The molecule has 2 N–H and O–H groups in total. The van der Waals surface area contributed by atoms with Gasteiger partial charge in [0, 0.05) is 0 Å². The Bertz CT molecular complexity index is 292. The highest BCUT2D eigenvalue weighted by Crippen LogP contribution is 2.42. The van der Waals surface area contributed by atoms with Crippen molar-refractivity contribution in [2.45, 2.75) is 18.4 Å². The van der Waals surface area contributed by atoms with Gasteiger partial charge in [-0.2, -0.15) is 0 Å². The molecule has 2 fully saturated rings. The molecule has 1 aliphatic carbocycles. The summed E-state index contributed by atoms with van der Waals surface area (Å²) in [5.74, 6) is -1.55. The minimum atomic E-state index is -1.24. The second-order valence-electron chi connectivity index (χ2n) is 3.22. The van der Waals surface area contributed by atoms with Gasteiger partial charge in [0.25, 0.3) is 5.91 Å². The second-order valence-corrected chi connectivity index (χ2v) is 3.22. The monoisotopic (exact) mass is 184 g/mol. The van der Waals surface area contributed by atoms with E-state index in [0.717, 1.165) is 4.90 Å². The average Bonchev–Trinajstić information content (AvgIpc) is 2.77. The van der Waals surface area contributed by atoms with Crippen LogP contribution in [0.2, 0.25) is 0 Å². The van der Waals surface area contributed by atoms with Crippen molar-refractivity contribution in [2.24, 2.45) is 0 Å². The molecule has 2 aliphatic rings. The van der Waals surface area contributed by atoms with Crippen LogP contribution in [0.4, 0.5) is 4.79 Å². The van der Waals surface area contributed by atoms with E-state index in [4.69, 9.17) is 5.11 Å². The summed E-state index contributed by atoms with van der Waals surface area (Å²) in [6.45, 7) is -0.0894. The predicted molar refractivity (Wildman–Crippen MR) is 39.8 cm³/mol. The number of hydrogen-bond acceptors (Lipinski definition) is 3. The van der Waals surface area contributed by atoms with Gasteiger partial charge in [-0.3, -0.25) is 4.79 Å². The van der Waals surface area contributed by atoms with Gasteiger partial charge in [-0.1, -0.05) is 0 Å². The third-order valence-electron chi connectivity index (χ3n) is 2.39. The van der Waals surface area contributed by atoms with Gasteiger partial charge in [0.1, 0.15) is 5.54 Å². The first kappa shape index (κ1) is 8.03. The number of carboxylic acid groups (broad SMARTS) is 1. The van der Waals surface area contributed by atoms with Crippen LogP contribution in [0, 0.1) is 0 Å². The molecule has 1 saturated carbocycles.